The molecule has 0 aliphatic carbocycles. The summed E-state index contributed by atoms with van der Waals surface area (Å²) in [5.74, 6) is 0. The summed E-state index contributed by atoms with van der Waals surface area (Å²) >= 11 is 6.88. The van der Waals surface area contributed by atoms with Gasteiger partial charge in [0.15, 0.2) is 0 Å². The molecule has 0 saturated heterocycles. The van der Waals surface area contributed by atoms with Gasteiger partial charge in [-0.25, -0.2) is 0 Å². The van der Waals surface area contributed by atoms with Gasteiger partial charge in [-0.3, -0.25) is 0 Å². The highest BCUT2D eigenvalue weighted by molar-refractivity contribution is 9.13. The van der Waals surface area contributed by atoms with E-state index in [0.717, 1.165) is 15.4 Å². The zero-order valence-corrected chi connectivity index (χ0v) is 8.79. The molecule has 0 nitrogen and oxygen atoms in total. The van der Waals surface area contributed by atoms with Gasteiger partial charge in [0.1, 0.15) is 0 Å². The summed E-state index contributed by atoms with van der Waals surface area (Å²) in [4.78, 5) is 0. The van der Waals surface area contributed by atoms with Gasteiger partial charge < -0.3 is 0 Å². The van der Waals surface area contributed by atoms with Crippen molar-refractivity contribution in [1.82, 2.24) is 0 Å². The lowest BCUT2D eigenvalue weighted by Gasteiger charge is -2.00. The van der Waals surface area contributed by atoms with Crippen LogP contribution in [0.25, 0.3) is 0 Å². The predicted octanol–water partition coefficient (Wildman–Crippen LogP) is 3.57. The Morgan fingerprint density at radius 2 is 2.20 bits per heavy atom. The minimum atomic E-state index is 1.01. The van der Waals surface area contributed by atoms with Crippen molar-refractivity contribution in [2.75, 3.05) is 0 Å². The Morgan fingerprint density at radius 3 is 2.70 bits per heavy atom. The largest absolute Gasteiger partial charge is 0.0612 e. The van der Waals surface area contributed by atoms with E-state index in [1.807, 2.05) is 12.1 Å². The van der Waals surface area contributed by atoms with Crippen molar-refractivity contribution < 1.29 is 0 Å². The molecule has 0 bridgehead atoms. The zero-order chi connectivity index (χ0) is 7.56. The fourth-order valence-electron chi connectivity index (χ4n) is 0.753. The molecular formula is C8H7Br2. The van der Waals surface area contributed by atoms with E-state index >= 15 is 0 Å². The summed E-state index contributed by atoms with van der Waals surface area (Å²) in [6.07, 6.45) is 1.01. The van der Waals surface area contributed by atoms with Crippen LogP contribution in [0.4, 0.5) is 0 Å². The second-order valence-corrected chi connectivity index (χ2v) is 3.62. The second kappa shape index (κ2) is 3.54. The Kier molecular flexibility index (Phi) is 2.93. The van der Waals surface area contributed by atoms with Gasteiger partial charge >= 0.3 is 0 Å². The summed E-state index contributed by atoms with van der Waals surface area (Å²) in [6.45, 7) is 2.11. The molecule has 0 fully saturated rings. The average molecular weight is 263 g/mol. The Labute approximate surface area is 77.9 Å². The number of benzene rings is 1. The van der Waals surface area contributed by atoms with Gasteiger partial charge in [0, 0.05) is 8.95 Å². The maximum Gasteiger partial charge on any atom is 0.0355 e. The van der Waals surface area contributed by atoms with Gasteiger partial charge in [-0.05, 0) is 56.0 Å². The minimum absolute atomic E-state index is 1.01. The molecule has 0 atom stereocenters. The lowest BCUT2D eigenvalue weighted by atomic mass is 10.2. The molecule has 2 heteroatoms. The first-order valence-corrected chi connectivity index (χ1v) is 4.69. The van der Waals surface area contributed by atoms with E-state index < -0.39 is 0 Å². The smallest absolute Gasteiger partial charge is 0.0355 e. The average Bonchev–Trinajstić information content (AvgIpc) is 1.95. The Balaban J connectivity index is 3.14. The molecule has 1 radical (unpaired) electrons. The Morgan fingerprint density at radius 1 is 1.50 bits per heavy atom. The molecule has 10 heavy (non-hydrogen) atoms. The van der Waals surface area contributed by atoms with E-state index in [-0.39, 0.29) is 0 Å². The van der Waals surface area contributed by atoms with Crippen LogP contribution in [0.3, 0.4) is 0 Å². The first-order chi connectivity index (χ1) is 4.75. The van der Waals surface area contributed by atoms with Gasteiger partial charge in [-0.1, -0.05) is 13.0 Å². The molecule has 0 heterocycles. The Bertz CT molecular complexity index is 231. The van der Waals surface area contributed by atoms with Crippen LogP contribution < -0.4 is 0 Å². The monoisotopic (exact) mass is 261 g/mol. The molecule has 0 saturated carbocycles. The molecule has 0 aliphatic heterocycles. The van der Waals surface area contributed by atoms with Crippen LogP contribution in [0.2, 0.25) is 0 Å². The third-order valence-electron chi connectivity index (χ3n) is 1.32. The van der Waals surface area contributed by atoms with E-state index in [4.69, 9.17) is 0 Å². The van der Waals surface area contributed by atoms with Crippen LogP contribution in [-0.2, 0) is 6.42 Å². The fraction of sp³-hybridized carbons (Fsp3) is 0.250. The number of hydrogen-bond acceptors (Lipinski definition) is 0. The van der Waals surface area contributed by atoms with E-state index in [0.29, 0.717) is 0 Å². The van der Waals surface area contributed by atoms with Crippen LogP contribution in [0.5, 0.6) is 0 Å². The molecule has 1 rings (SSSR count). The van der Waals surface area contributed by atoms with Gasteiger partial charge in [0.25, 0.3) is 0 Å². The SMILES string of the molecule is CCc1[c]ccc(Br)c1Br. The molecule has 0 spiro atoms. The highest BCUT2D eigenvalue weighted by Crippen LogP contribution is 2.26. The second-order valence-electron chi connectivity index (χ2n) is 1.97. The number of aryl methyl sites for hydroxylation is 1. The van der Waals surface area contributed by atoms with Crippen LogP contribution in [0.15, 0.2) is 21.1 Å². The van der Waals surface area contributed by atoms with E-state index in [2.05, 4.69) is 44.8 Å². The third-order valence-corrected chi connectivity index (χ3v) is 3.41. The number of halogens is 2. The van der Waals surface area contributed by atoms with Crippen molar-refractivity contribution in [3.63, 3.8) is 0 Å². The lowest BCUT2D eigenvalue weighted by Crippen LogP contribution is -1.82. The molecule has 0 amide bonds. The maximum absolute atomic E-state index is 3.46. The van der Waals surface area contributed by atoms with Crippen molar-refractivity contribution in [2.45, 2.75) is 13.3 Å². The molecule has 53 valence electrons. The minimum Gasteiger partial charge on any atom is -0.0612 e. The topological polar surface area (TPSA) is 0 Å². The molecule has 0 unspecified atom stereocenters. The number of rotatable bonds is 1. The van der Waals surface area contributed by atoms with Crippen LogP contribution >= 0.6 is 31.9 Å². The van der Waals surface area contributed by atoms with Crippen LogP contribution in [0.1, 0.15) is 12.5 Å². The van der Waals surface area contributed by atoms with Crippen molar-refractivity contribution in [2.24, 2.45) is 0 Å². The molecule has 1 aromatic rings. The van der Waals surface area contributed by atoms with Crippen LogP contribution in [0, 0.1) is 6.07 Å². The summed E-state index contributed by atoms with van der Waals surface area (Å²) < 4.78 is 2.22. The standard InChI is InChI=1S/C8H7Br2/c1-2-6-4-3-5-7(9)8(6)10/h3,5H,2H2,1H3. The summed E-state index contributed by atoms with van der Waals surface area (Å²) in [5, 5.41) is 0. The summed E-state index contributed by atoms with van der Waals surface area (Å²) in [6, 6.07) is 7.05. The Hall–Kier alpha value is 0.180. The van der Waals surface area contributed by atoms with Gasteiger partial charge in [0.2, 0.25) is 0 Å². The van der Waals surface area contributed by atoms with Crippen molar-refractivity contribution in [3.05, 3.63) is 32.7 Å². The van der Waals surface area contributed by atoms with Gasteiger partial charge in [0.05, 0.1) is 0 Å². The molecule has 1 aromatic carbocycles. The highest BCUT2D eigenvalue weighted by atomic mass is 79.9. The predicted molar refractivity (Wildman–Crippen MR) is 50.1 cm³/mol. The number of hydrogen-bond donors (Lipinski definition) is 0. The molecular weight excluding hydrogens is 256 g/mol. The maximum atomic E-state index is 3.46. The molecule has 0 N–H and O–H groups in total. The normalized spacial score (nSPS) is 9.90. The van der Waals surface area contributed by atoms with Gasteiger partial charge in [-0.2, -0.15) is 0 Å². The lowest BCUT2D eigenvalue weighted by molar-refractivity contribution is 1.12. The molecule has 0 aliphatic rings. The fourth-order valence-corrected chi connectivity index (χ4v) is 1.65. The van der Waals surface area contributed by atoms with Crippen molar-refractivity contribution >= 4 is 31.9 Å². The third kappa shape index (κ3) is 1.61. The van der Waals surface area contributed by atoms with E-state index in [1.54, 1.807) is 0 Å². The van der Waals surface area contributed by atoms with Crippen LogP contribution in [-0.4, -0.2) is 0 Å². The molecule has 0 aromatic heterocycles. The van der Waals surface area contributed by atoms with Crippen molar-refractivity contribution in [3.8, 4) is 0 Å². The summed E-state index contributed by atoms with van der Waals surface area (Å²) in [7, 11) is 0. The van der Waals surface area contributed by atoms with Gasteiger partial charge in [-0.15, -0.1) is 0 Å². The first-order valence-electron chi connectivity index (χ1n) is 3.10. The van der Waals surface area contributed by atoms with E-state index in [1.165, 1.54) is 5.56 Å². The highest BCUT2D eigenvalue weighted by Gasteiger charge is 1.99. The van der Waals surface area contributed by atoms with E-state index in [9.17, 15) is 0 Å². The zero-order valence-electron chi connectivity index (χ0n) is 5.62. The summed E-state index contributed by atoms with van der Waals surface area (Å²) in [5.41, 5.74) is 1.22. The first kappa shape index (κ1) is 8.28. The quantitative estimate of drug-likeness (QED) is 0.726. The van der Waals surface area contributed by atoms with Crippen molar-refractivity contribution in [1.29, 1.82) is 0 Å².